The highest BCUT2D eigenvalue weighted by molar-refractivity contribution is 6.31. The van der Waals surface area contributed by atoms with Gasteiger partial charge in [-0.1, -0.05) is 47.9 Å². The van der Waals surface area contributed by atoms with Gasteiger partial charge in [0, 0.05) is 17.6 Å². The molecule has 12 heteroatoms. The first kappa shape index (κ1) is 28.0. The molecule has 4 rings (SSSR count). The van der Waals surface area contributed by atoms with Crippen LogP contribution in [0.5, 0.6) is 0 Å². The van der Waals surface area contributed by atoms with E-state index in [0.717, 1.165) is 12.8 Å². The first-order valence-electron chi connectivity index (χ1n) is 12.7. The fourth-order valence-corrected chi connectivity index (χ4v) is 5.08. The summed E-state index contributed by atoms with van der Waals surface area (Å²) in [7, 11) is 1.70. The van der Waals surface area contributed by atoms with Crippen LogP contribution in [-0.4, -0.2) is 43.1 Å². The number of aliphatic carboxylic acids is 1. The van der Waals surface area contributed by atoms with Crippen LogP contribution in [0.25, 0.3) is 11.4 Å². The number of carboxylic acid groups (broad SMARTS) is 1. The number of nitrogens with one attached hydrogen (secondary N) is 2. The highest BCUT2D eigenvalue weighted by Gasteiger charge is 2.36. The van der Waals surface area contributed by atoms with Gasteiger partial charge in [0.1, 0.15) is 11.8 Å². The van der Waals surface area contributed by atoms with Crippen LogP contribution in [0.1, 0.15) is 55.7 Å². The van der Waals surface area contributed by atoms with Crippen LogP contribution in [-0.2, 0) is 27.9 Å². The van der Waals surface area contributed by atoms with E-state index in [9.17, 15) is 19.5 Å². The SMILES string of the molecule is Cc1nc(-c2nnn(C)c2CNC(=O)O[C@H](C)c2ccccc2Cl)ccc1NC(=O)[C@H]1CCCC[C@@H]1C(=O)O. The third-order valence-corrected chi connectivity index (χ3v) is 7.32. The summed E-state index contributed by atoms with van der Waals surface area (Å²) in [4.78, 5) is 41.6. The Balaban J connectivity index is 1.42. The largest absolute Gasteiger partial charge is 0.481 e. The smallest absolute Gasteiger partial charge is 0.408 e. The second-order valence-electron chi connectivity index (χ2n) is 9.59. The van der Waals surface area contributed by atoms with Crippen LogP contribution in [0.3, 0.4) is 0 Å². The molecule has 1 aliphatic carbocycles. The number of carbonyl (C=O) groups is 3. The number of ether oxygens (including phenoxy) is 1. The van der Waals surface area contributed by atoms with Crippen molar-refractivity contribution >= 4 is 35.3 Å². The monoisotopic (exact) mass is 554 g/mol. The quantitative estimate of drug-likeness (QED) is 0.364. The minimum Gasteiger partial charge on any atom is -0.481 e. The summed E-state index contributed by atoms with van der Waals surface area (Å²) in [5, 5.41) is 23.9. The molecular formula is C27H31ClN6O5. The Hall–Kier alpha value is -3.99. The van der Waals surface area contributed by atoms with E-state index >= 15 is 0 Å². The van der Waals surface area contributed by atoms with E-state index in [0.29, 0.717) is 51.9 Å². The van der Waals surface area contributed by atoms with Crippen molar-refractivity contribution in [2.24, 2.45) is 18.9 Å². The second-order valence-corrected chi connectivity index (χ2v) is 9.99. The summed E-state index contributed by atoms with van der Waals surface area (Å²) in [5.41, 5.74) is 3.32. The molecule has 11 nitrogen and oxygen atoms in total. The van der Waals surface area contributed by atoms with E-state index in [1.807, 2.05) is 6.07 Å². The van der Waals surface area contributed by atoms with Gasteiger partial charge in [0.15, 0.2) is 0 Å². The Labute approximate surface area is 230 Å². The van der Waals surface area contributed by atoms with Crippen molar-refractivity contribution in [3.63, 3.8) is 0 Å². The Kier molecular flexibility index (Phi) is 8.80. The Morgan fingerprint density at radius 2 is 1.87 bits per heavy atom. The highest BCUT2D eigenvalue weighted by Crippen LogP contribution is 2.32. The van der Waals surface area contributed by atoms with Crippen molar-refractivity contribution in [3.8, 4) is 11.4 Å². The van der Waals surface area contributed by atoms with Crippen molar-refractivity contribution in [1.29, 1.82) is 0 Å². The summed E-state index contributed by atoms with van der Waals surface area (Å²) in [6.07, 6.45) is 1.51. The van der Waals surface area contributed by atoms with Gasteiger partial charge in [0.25, 0.3) is 0 Å². The van der Waals surface area contributed by atoms with Gasteiger partial charge in [0.2, 0.25) is 5.91 Å². The van der Waals surface area contributed by atoms with Crippen molar-refractivity contribution in [1.82, 2.24) is 25.3 Å². The van der Waals surface area contributed by atoms with E-state index in [1.165, 1.54) is 4.68 Å². The first-order valence-corrected chi connectivity index (χ1v) is 13.1. The molecule has 0 bridgehead atoms. The summed E-state index contributed by atoms with van der Waals surface area (Å²) >= 11 is 6.19. The number of aromatic nitrogens is 4. The zero-order valence-electron chi connectivity index (χ0n) is 22.0. The van der Waals surface area contributed by atoms with Crippen LogP contribution in [0.2, 0.25) is 5.02 Å². The predicted octanol–water partition coefficient (Wildman–Crippen LogP) is 4.66. The number of pyridine rings is 1. The minimum atomic E-state index is -0.939. The summed E-state index contributed by atoms with van der Waals surface area (Å²) in [6.45, 7) is 3.57. The van der Waals surface area contributed by atoms with Gasteiger partial charge in [0.05, 0.1) is 41.1 Å². The molecule has 1 aromatic carbocycles. The van der Waals surface area contributed by atoms with Crippen molar-refractivity contribution < 1.29 is 24.2 Å². The Bertz CT molecular complexity index is 1380. The van der Waals surface area contributed by atoms with Gasteiger partial charge < -0.3 is 20.5 Å². The van der Waals surface area contributed by atoms with Crippen LogP contribution in [0.4, 0.5) is 10.5 Å². The minimum absolute atomic E-state index is 0.0877. The first-order chi connectivity index (χ1) is 18.7. The van der Waals surface area contributed by atoms with Gasteiger partial charge in [-0.15, -0.1) is 5.10 Å². The molecule has 1 fully saturated rings. The lowest BCUT2D eigenvalue weighted by atomic mass is 9.78. The zero-order valence-corrected chi connectivity index (χ0v) is 22.7. The molecule has 0 aliphatic heterocycles. The molecule has 39 heavy (non-hydrogen) atoms. The summed E-state index contributed by atoms with van der Waals surface area (Å²) in [5.74, 6) is -2.51. The van der Waals surface area contributed by atoms with Gasteiger partial charge in [-0.3, -0.25) is 9.59 Å². The number of hydrogen-bond acceptors (Lipinski definition) is 7. The van der Waals surface area contributed by atoms with Crippen molar-refractivity contribution in [2.45, 2.75) is 52.2 Å². The molecule has 2 amide bonds. The van der Waals surface area contributed by atoms with Gasteiger partial charge in [-0.2, -0.15) is 0 Å². The average molecular weight is 555 g/mol. The molecule has 3 atom stereocenters. The molecule has 0 unspecified atom stereocenters. The molecule has 0 radical (unpaired) electrons. The average Bonchev–Trinajstić information content (AvgIpc) is 3.28. The lowest BCUT2D eigenvalue weighted by Gasteiger charge is -2.27. The third-order valence-electron chi connectivity index (χ3n) is 6.98. The molecule has 3 N–H and O–H groups in total. The predicted molar refractivity (Wildman–Crippen MR) is 144 cm³/mol. The summed E-state index contributed by atoms with van der Waals surface area (Å²) in [6, 6.07) is 10.6. The number of halogens is 1. The van der Waals surface area contributed by atoms with Crippen LogP contribution in [0, 0.1) is 18.8 Å². The lowest BCUT2D eigenvalue weighted by molar-refractivity contribution is -0.147. The van der Waals surface area contributed by atoms with Crippen LogP contribution >= 0.6 is 11.6 Å². The zero-order chi connectivity index (χ0) is 28.1. The Morgan fingerprint density at radius 3 is 2.56 bits per heavy atom. The number of anilines is 1. The maximum atomic E-state index is 12.9. The summed E-state index contributed by atoms with van der Waals surface area (Å²) < 4.78 is 7.00. The van der Waals surface area contributed by atoms with E-state index in [4.69, 9.17) is 16.3 Å². The van der Waals surface area contributed by atoms with Crippen molar-refractivity contribution in [3.05, 3.63) is 58.4 Å². The number of aryl methyl sites for hydroxylation is 2. The number of nitrogens with zero attached hydrogens (tertiary/aromatic N) is 4. The second kappa shape index (κ2) is 12.2. The maximum absolute atomic E-state index is 12.9. The fourth-order valence-electron chi connectivity index (χ4n) is 4.79. The molecule has 0 saturated heterocycles. The van der Waals surface area contributed by atoms with E-state index in [-0.39, 0.29) is 12.5 Å². The number of hydrogen-bond donors (Lipinski definition) is 3. The molecule has 2 aromatic heterocycles. The number of carbonyl (C=O) groups excluding carboxylic acids is 2. The number of amides is 2. The maximum Gasteiger partial charge on any atom is 0.408 e. The third kappa shape index (κ3) is 6.54. The van der Waals surface area contributed by atoms with E-state index in [1.54, 1.807) is 51.2 Å². The van der Waals surface area contributed by atoms with Gasteiger partial charge in [-0.25, -0.2) is 14.5 Å². The molecule has 2 heterocycles. The fraction of sp³-hybridized carbons (Fsp3) is 0.407. The lowest BCUT2D eigenvalue weighted by Crippen LogP contribution is -2.36. The van der Waals surface area contributed by atoms with Crippen LogP contribution in [0.15, 0.2) is 36.4 Å². The van der Waals surface area contributed by atoms with Gasteiger partial charge >= 0.3 is 12.1 Å². The molecule has 0 spiro atoms. The number of benzene rings is 1. The molecule has 3 aromatic rings. The topological polar surface area (TPSA) is 148 Å². The number of carboxylic acids is 1. The van der Waals surface area contributed by atoms with Gasteiger partial charge in [-0.05, 0) is 44.9 Å². The molecule has 1 saturated carbocycles. The highest BCUT2D eigenvalue weighted by atomic mass is 35.5. The molecule has 206 valence electrons. The van der Waals surface area contributed by atoms with Crippen LogP contribution < -0.4 is 10.6 Å². The standard InChI is InChI=1S/C27H31ClN6O5/c1-15-21(31-25(35)18-9-4-5-10-19(18)26(36)37)12-13-22(30-15)24-23(34(3)33-32-24)14-29-27(38)39-16(2)17-8-6-7-11-20(17)28/h6-8,11-13,16,18-19H,4-5,9-10,14H2,1-3H3,(H,29,38)(H,31,35)(H,36,37)/t16-,18+,19+/m1/s1. The number of rotatable bonds is 8. The van der Waals surface area contributed by atoms with E-state index in [2.05, 4.69) is 25.9 Å². The molecular weight excluding hydrogens is 524 g/mol. The Morgan fingerprint density at radius 1 is 1.15 bits per heavy atom. The normalized spacial score (nSPS) is 17.7. The molecule has 1 aliphatic rings. The van der Waals surface area contributed by atoms with E-state index < -0.39 is 30.0 Å². The number of alkyl carbamates (subject to hydrolysis) is 1. The van der Waals surface area contributed by atoms with Crippen molar-refractivity contribution in [2.75, 3.05) is 5.32 Å².